The van der Waals surface area contributed by atoms with Gasteiger partial charge >= 0.3 is 0 Å². The molecule has 1 aliphatic heterocycles. The van der Waals surface area contributed by atoms with E-state index in [4.69, 9.17) is 14.5 Å². The van der Waals surface area contributed by atoms with Gasteiger partial charge in [0.15, 0.2) is 11.5 Å². The number of nitrogens with zero attached hydrogens (tertiary/aromatic N) is 1. The molecular weight excluding hydrogens is 456 g/mol. The number of ether oxygens (including phenoxy) is 2. The standard InChI is InChI=1S/C25H25BrN2O3/c1-3-31-23-13-7-11-18(24(23)29)21-15-20(16-8-6-9-17(26)14-16)27-25(28-21)19-10-4-5-12-22(19)30-2/h4-14,21,25,28-29H,3,15H2,1-2H3/t21-,25-/m1/s1. The van der Waals surface area contributed by atoms with Crippen LogP contribution in [0.2, 0.25) is 0 Å². The van der Waals surface area contributed by atoms with Crippen molar-refractivity contribution < 1.29 is 14.6 Å². The number of phenols is 1. The van der Waals surface area contributed by atoms with Crippen LogP contribution in [0.5, 0.6) is 17.2 Å². The van der Waals surface area contributed by atoms with E-state index in [1.165, 1.54) is 0 Å². The summed E-state index contributed by atoms with van der Waals surface area (Å²) in [6.45, 7) is 2.39. The van der Waals surface area contributed by atoms with E-state index in [0.717, 1.165) is 32.6 Å². The van der Waals surface area contributed by atoms with Crippen molar-refractivity contribution in [3.63, 3.8) is 0 Å². The van der Waals surface area contributed by atoms with Gasteiger partial charge in [-0.1, -0.05) is 58.4 Å². The molecule has 2 N–H and O–H groups in total. The van der Waals surface area contributed by atoms with Crippen LogP contribution in [0.3, 0.4) is 0 Å². The summed E-state index contributed by atoms with van der Waals surface area (Å²) in [5.74, 6) is 1.42. The number of nitrogens with one attached hydrogen (secondary N) is 1. The molecule has 4 rings (SSSR count). The smallest absolute Gasteiger partial charge is 0.162 e. The Morgan fingerprint density at radius 3 is 2.55 bits per heavy atom. The number of hydrogen-bond donors (Lipinski definition) is 2. The van der Waals surface area contributed by atoms with E-state index < -0.39 is 0 Å². The largest absolute Gasteiger partial charge is 0.504 e. The predicted octanol–water partition coefficient (Wildman–Crippen LogP) is 5.78. The molecule has 0 spiro atoms. The van der Waals surface area contributed by atoms with Crippen LogP contribution in [0.1, 0.15) is 42.2 Å². The minimum Gasteiger partial charge on any atom is -0.504 e. The maximum atomic E-state index is 10.9. The van der Waals surface area contributed by atoms with E-state index in [9.17, 15) is 5.11 Å². The lowest BCUT2D eigenvalue weighted by Crippen LogP contribution is -2.33. The average molecular weight is 481 g/mol. The van der Waals surface area contributed by atoms with Gasteiger partial charge in [0.05, 0.1) is 13.7 Å². The molecule has 1 heterocycles. The van der Waals surface area contributed by atoms with E-state index in [1.54, 1.807) is 13.2 Å². The summed E-state index contributed by atoms with van der Waals surface area (Å²) >= 11 is 3.56. The minimum atomic E-state index is -0.320. The molecule has 0 unspecified atom stereocenters. The Balaban J connectivity index is 1.79. The second-order valence-electron chi connectivity index (χ2n) is 7.28. The molecule has 5 nitrogen and oxygen atoms in total. The second-order valence-corrected chi connectivity index (χ2v) is 8.20. The minimum absolute atomic E-state index is 0.151. The van der Waals surface area contributed by atoms with E-state index in [-0.39, 0.29) is 18.0 Å². The molecule has 1 aliphatic rings. The topological polar surface area (TPSA) is 63.1 Å². The van der Waals surface area contributed by atoms with Crippen molar-refractivity contribution in [1.82, 2.24) is 5.32 Å². The fraction of sp³-hybridized carbons (Fsp3) is 0.240. The van der Waals surface area contributed by atoms with Crippen molar-refractivity contribution in [3.05, 3.63) is 87.9 Å². The third kappa shape index (κ3) is 4.60. The lowest BCUT2D eigenvalue weighted by molar-refractivity contribution is 0.313. The molecule has 6 heteroatoms. The molecular formula is C25H25BrN2O3. The zero-order chi connectivity index (χ0) is 21.8. The highest BCUT2D eigenvalue weighted by Gasteiger charge is 2.29. The third-order valence-corrected chi connectivity index (χ3v) is 5.83. The van der Waals surface area contributed by atoms with Gasteiger partial charge in [0, 0.05) is 33.8 Å². The first kappa shape index (κ1) is 21.4. The Bertz CT molecular complexity index is 1100. The zero-order valence-corrected chi connectivity index (χ0v) is 19.1. The highest BCUT2D eigenvalue weighted by atomic mass is 79.9. The number of para-hydroxylation sites is 2. The van der Waals surface area contributed by atoms with Crippen molar-refractivity contribution >= 4 is 21.6 Å². The van der Waals surface area contributed by atoms with Gasteiger partial charge in [0.25, 0.3) is 0 Å². The van der Waals surface area contributed by atoms with Gasteiger partial charge in [-0.3, -0.25) is 10.3 Å². The van der Waals surface area contributed by atoms with Crippen LogP contribution in [0.4, 0.5) is 0 Å². The van der Waals surface area contributed by atoms with Crippen LogP contribution in [0.15, 0.2) is 76.2 Å². The summed E-state index contributed by atoms with van der Waals surface area (Å²) in [4.78, 5) is 5.03. The van der Waals surface area contributed by atoms with Gasteiger partial charge in [0.2, 0.25) is 0 Å². The van der Waals surface area contributed by atoms with Crippen molar-refractivity contribution in [3.8, 4) is 17.2 Å². The SMILES string of the molecule is CCOc1cccc([C@H]2CC(c3cccc(Br)c3)=N[C@@H](c3ccccc3OC)N2)c1O. The molecule has 0 saturated heterocycles. The normalized spacial score (nSPS) is 18.4. The molecule has 160 valence electrons. The Morgan fingerprint density at radius 2 is 1.77 bits per heavy atom. The van der Waals surface area contributed by atoms with Crippen molar-refractivity contribution in [1.29, 1.82) is 0 Å². The number of benzene rings is 3. The van der Waals surface area contributed by atoms with Crippen LogP contribution in [-0.2, 0) is 0 Å². The lowest BCUT2D eigenvalue weighted by atomic mass is 9.93. The number of aromatic hydroxyl groups is 1. The molecule has 0 amide bonds. The summed E-state index contributed by atoms with van der Waals surface area (Å²) in [6, 6.07) is 21.5. The summed E-state index contributed by atoms with van der Waals surface area (Å²) in [5.41, 5.74) is 3.74. The number of hydrogen-bond acceptors (Lipinski definition) is 5. The van der Waals surface area contributed by atoms with Crippen LogP contribution >= 0.6 is 15.9 Å². The van der Waals surface area contributed by atoms with Gasteiger partial charge < -0.3 is 14.6 Å². The fourth-order valence-corrected chi connectivity index (χ4v) is 4.29. The summed E-state index contributed by atoms with van der Waals surface area (Å²) in [6.07, 6.45) is 0.310. The van der Waals surface area contributed by atoms with E-state index in [1.807, 2.05) is 55.5 Å². The second kappa shape index (κ2) is 9.54. The zero-order valence-electron chi connectivity index (χ0n) is 17.5. The molecule has 0 bridgehead atoms. The monoisotopic (exact) mass is 480 g/mol. The van der Waals surface area contributed by atoms with Crippen molar-refractivity contribution in [2.75, 3.05) is 13.7 Å². The number of methoxy groups -OCH3 is 1. The molecule has 0 fully saturated rings. The molecule has 0 radical (unpaired) electrons. The van der Waals surface area contributed by atoms with Crippen LogP contribution in [0, 0.1) is 0 Å². The molecule has 0 aromatic heterocycles. The van der Waals surface area contributed by atoms with E-state index >= 15 is 0 Å². The fourth-order valence-electron chi connectivity index (χ4n) is 3.89. The van der Waals surface area contributed by atoms with E-state index in [0.29, 0.717) is 18.8 Å². The quantitative estimate of drug-likeness (QED) is 0.468. The highest BCUT2D eigenvalue weighted by molar-refractivity contribution is 9.10. The number of rotatable bonds is 6. The summed E-state index contributed by atoms with van der Waals surface area (Å²) < 4.78 is 12.2. The molecule has 31 heavy (non-hydrogen) atoms. The van der Waals surface area contributed by atoms with Gasteiger partial charge in [-0.15, -0.1) is 0 Å². The van der Waals surface area contributed by atoms with Crippen LogP contribution < -0.4 is 14.8 Å². The molecule has 2 atom stereocenters. The van der Waals surface area contributed by atoms with Gasteiger partial charge in [-0.25, -0.2) is 0 Å². The number of aliphatic imine (C=N–C) groups is 1. The first-order chi connectivity index (χ1) is 15.1. The number of halogens is 1. The van der Waals surface area contributed by atoms with E-state index in [2.05, 4.69) is 33.4 Å². The Morgan fingerprint density at radius 1 is 1.03 bits per heavy atom. The predicted molar refractivity (Wildman–Crippen MR) is 126 cm³/mol. The Labute approximate surface area is 190 Å². The van der Waals surface area contributed by atoms with Gasteiger partial charge in [-0.05, 0) is 36.8 Å². The first-order valence-corrected chi connectivity index (χ1v) is 11.1. The van der Waals surface area contributed by atoms with Crippen molar-refractivity contribution in [2.45, 2.75) is 25.6 Å². The molecule has 3 aromatic carbocycles. The Hall–Kier alpha value is -2.83. The van der Waals surface area contributed by atoms with Gasteiger partial charge in [-0.2, -0.15) is 0 Å². The maximum absolute atomic E-state index is 10.9. The summed E-state index contributed by atoms with van der Waals surface area (Å²) in [5, 5.41) is 14.5. The maximum Gasteiger partial charge on any atom is 0.162 e. The van der Waals surface area contributed by atoms with Crippen LogP contribution in [0.25, 0.3) is 0 Å². The summed E-state index contributed by atoms with van der Waals surface area (Å²) in [7, 11) is 1.66. The van der Waals surface area contributed by atoms with Gasteiger partial charge in [0.1, 0.15) is 11.9 Å². The first-order valence-electron chi connectivity index (χ1n) is 10.3. The molecule has 0 aliphatic carbocycles. The Kier molecular flexibility index (Phi) is 6.59. The number of phenolic OH excluding ortho intramolecular Hbond substituents is 1. The molecule has 3 aromatic rings. The molecule has 0 saturated carbocycles. The lowest BCUT2D eigenvalue weighted by Gasteiger charge is -2.31. The van der Waals surface area contributed by atoms with Crippen LogP contribution in [-0.4, -0.2) is 24.5 Å². The van der Waals surface area contributed by atoms with Crippen molar-refractivity contribution in [2.24, 2.45) is 4.99 Å². The third-order valence-electron chi connectivity index (χ3n) is 5.34. The average Bonchev–Trinajstić information content (AvgIpc) is 2.80. The highest BCUT2D eigenvalue weighted by Crippen LogP contribution is 2.40.